The lowest BCUT2D eigenvalue weighted by Gasteiger charge is -2.34. The number of aryl methyl sites for hydroxylation is 2. The lowest BCUT2D eigenvalue weighted by molar-refractivity contribution is -0.384. The maximum Gasteiger partial charge on any atom is 0.419 e. The van der Waals surface area contributed by atoms with E-state index in [0.29, 0.717) is 11.9 Å². The largest absolute Gasteiger partial charge is 0.419 e. The highest BCUT2D eigenvalue weighted by atomic mass is 16.6. The fourth-order valence-electron chi connectivity index (χ4n) is 4.04. The van der Waals surface area contributed by atoms with E-state index in [1.807, 2.05) is 19.1 Å². The first kappa shape index (κ1) is 22.5. The van der Waals surface area contributed by atoms with Crippen molar-refractivity contribution in [2.75, 3.05) is 43.4 Å². The molecule has 0 radical (unpaired) electrons. The number of nitrogens with one attached hydrogen (secondary N) is 1. The van der Waals surface area contributed by atoms with E-state index in [9.17, 15) is 19.7 Å². The molecule has 10 heteroatoms. The third kappa shape index (κ3) is 5.06. The predicted octanol–water partition coefficient (Wildman–Crippen LogP) is 2.98. The number of amides is 1. The number of nitrogens with zero attached hydrogens (tertiary/aromatic N) is 4. The molecule has 1 saturated heterocycles. The summed E-state index contributed by atoms with van der Waals surface area (Å²) >= 11 is 0. The van der Waals surface area contributed by atoms with Crippen molar-refractivity contribution in [3.05, 3.63) is 62.6 Å². The molecule has 2 aromatic carbocycles. The molecule has 1 aliphatic rings. The van der Waals surface area contributed by atoms with Crippen molar-refractivity contribution in [1.29, 1.82) is 0 Å². The second-order valence-corrected chi connectivity index (χ2v) is 8.37. The first-order chi connectivity index (χ1) is 15.8. The highest BCUT2D eigenvalue weighted by molar-refractivity contribution is 5.91. The summed E-state index contributed by atoms with van der Waals surface area (Å²) in [7, 11) is 2.12. The number of nitro groups is 1. The van der Waals surface area contributed by atoms with E-state index >= 15 is 0 Å². The Morgan fingerprint density at radius 3 is 2.61 bits per heavy atom. The van der Waals surface area contributed by atoms with Crippen LogP contribution >= 0.6 is 0 Å². The molecule has 4 rings (SSSR count). The van der Waals surface area contributed by atoms with Crippen molar-refractivity contribution in [2.24, 2.45) is 0 Å². The number of fused-ring (bicyclic) bond motifs is 1. The first-order valence-corrected chi connectivity index (χ1v) is 10.9. The molecule has 1 aromatic heterocycles. The van der Waals surface area contributed by atoms with Crippen LogP contribution in [-0.2, 0) is 11.3 Å². The Kier molecular flexibility index (Phi) is 6.45. The van der Waals surface area contributed by atoms with Gasteiger partial charge in [0.25, 0.3) is 5.69 Å². The molecule has 1 N–H and O–H groups in total. The number of aromatic nitrogens is 1. The lowest BCUT2D eigenvalue weighted by atomic mass is 10.1. The molecule has 174 valence electrons. The lowest BCUT2D eigenvalue weighted by Crippen LogP contribution is -2.44. The Hall–Kier alpha value is -3.66. The summed E-state index contributed by atoms with van der Waals surface area (Å²) in [6.07, 6.45) is 0.654. The number of benzene rings is 2. The van der Waals surface area contributed by atoms with Gasteiger partial charge in [0.1, 0.15) is 0 Å². The first-order valence-electron chi connectivity index (χ1n) is 10.9. The zero-order chi connectivity index (χ0) is 23.5. The molecule has 0 atom stereocenters. The number of piperazine rings is 1. The summed E-state index contributed by atoms with van der Waals surface area (Å²) in [5.74, 6) is -0.733. The van der Waals surface area contributed by atoms with Gasteiger partial charge in [-0.05, 0) is 50.2 Å². The van der Waals surface area contributed by atoms with Gasteiger partial charge >= 0.3 is 5.76 Å². The summed E-state index contributed by atoms with van der Waals surface area (Å²) < 4.78 is 6.51. The average molecular weight is 453 g/mol. The van der Waals surface area contributed by atoms with Crippen molar-refractivity contribution in [1.82, 2.24) is 9.47 Å². The van der Waals surface area contributed by atoms with Crippen LogP contribution < -0.4 is 16.0 Å². The number of oxazole rings is 1. The quantitative estimate of drug-likeness (QED) is 0.432. The molecule has 0 aliphatic carbocycles. The van der Waals surface area contributed by atoms with Crippen LogP contribution in [0, 0.1) is 17.0 Å². The van der Waals surface area contributed by atoms with E-state index in [0.717, 1.165) is 43.1 Å². The Balaban J connectivity index is 1.34. The van der Waals surface area contributed by atoms with E-state index in [2.05, 4.69) is 28.2 Å². The number of hydrogen-bond acceptors (Lipinski definition) is 7. The van der Waals surface area contributed by atoms with Crippen molar-refractivity contribution in [3.63, 3.8) is 0 Å². The number of rotatable bonds is 7. The molecule has 33 heavy (non-hydrogen) atoms. The van der Waals surface area contributed by atoms with Gasteiger partial charge in [-0.2, -0.15) is 0 Å². The van der Waals surface area contributed by atoms with Crippen LogP contribution in [0.3, 0.4) is 0 Å². The van der Waals surface area contributed by atoms with Gasteiger partial charge in [0, 0.05) is 56.6 Å². The molecular formula is C23H27N5O5. The summed E-state index contributed by atoms with van der Waals surface area (Å²) in [5, 5.41) is 13.8. The van der Waals surface area contributed by atoms with Crippen molar-refractivity contribution >= 4 is 34.1 Å². The molecule has 2 heterocycles. The van der Waals surface area contributed by atoms with Gasteiger partial charge in [0.05, 0.1) is 16.5 Å². The van der Waals surface area contributed by atoms with Crippen molar-refractivity contribution < 1.29 is 14.1 Å². The minimum Gasteiger partial charge on any atom is -0.407 e. The van der Waals surface area contributed by atoms with Gasteiger partial charge in [-0.25, -0.2) is 4.79 Å². The van der Waals surface area contributed by atoms with E-state index in [4.69, 9.17) is 4.42 Å². The molecular weight excluding hydrogens is 426 g/mol. The molecule has 1 aliphatic heterocycles. The molecule has 0 unspecified atom stereocenters. The minimum atomic E-state index is -0.596. The number of anilines is 2. The fraction of sp³-hybridized carbons (Fsp3) is 0.391. The number of hydrogen-bond donors (Lipinski definition) is 1. The summed E-state index contributed by atoms with van der Waals surface area (Å²) in [6.45, 7) is 6.28. The predicted molar refractivity (Wildman–Crippen MR) is 126 cm³/mol. The zero-order valence-corrected chi connectivity index (χ0v) is 18.7. The van der Waals surface area contributed by atoms with E-state index in [1.165, 1.54) is 22.8 Å². The number of likely N-dealkylation sites (N-methyl/N-ethyl adjacent to an activating group) is 1. The van der Waals surface area contributed by atoms with Crippen molar-refractivity contribution in [3.8, 4) is 0 Å². The van der Waals surface area contributed by atoms with Gasteiger partial charge in [0.15, 0.2) is 5.58 Å². The van der Waals surface area contributed by atoms with E-state index in [-0.39, 0.29) is 30.1 Å². The molecule has 0 spiro atoms. The van der Waals surface area contributed by atoms with Gasteiger partial charge in [0.2, 0.25) is 5.91 Å². The highest BCUT2D eigenvalue weighted by Gasteiger charge is 2.16. The topological polar surface area (TPSA) is 114 Å². The third-order valence-electron chi connectivity index (χ3n) is 6.00. The smallest absolute Gasteiger partial charge is 0.407 e. The van der Waals surface area contributed by atoms with Gasteiger partial charge in [-0.15, -0.1) is 0 Å². The SMILES string of the molecule is Cc1cc(N2CCN(C)CC2)ccc1NC(=O)CCCn1c(=O)oc2cc([N+](=O)[O-])ccc21. The monoisotopic (exact) mass is 453 g/mol. The van der Waals surface area contributed by atoms with Crippen LogP contribution in [0.1, 0.15) is 18.4 Å². The van der Waals surface area contributed by atoms with Crippen LogP contribution in [0.5, 0.6) is 0 Å². The summed E-state index contributed by atoms with van der Waals surface area (Å²) in [4.78, 5) is 39.6. The molecule has 10 nitrogen and oxygen atoms in total. The normalized spacial score (nSPS) is 14.5. The van der Waals surface area contributed by atoms with Crippen LogP contribution in [0.2, 0.25) is 0 Å². The second-order valence-electron chi connectivity index (χ2n) is 8.37. The van der Waals surface area contributed by atoms with Crippen LogP contribution in [0.15, 0.2) is 45.6 Å². The number of carbonyl (C=O) groups excluding carboxylic acids is 1. The standard InChI is InChI=1S/C23H27N5O5/c1-16-14-17(26-12-10-25(2)11-13-26)5-7-19(16)24-22(29)4-3-9-27-20-8-6-18(28(31)32)15-21(20)33-23(27)30/h5-8,14-15H,3-4,9-13H2,1-2H3,(H,24,29). The van der Waals surface area contributed by atoms with Gasteiger partial charge in [-0.1, -0.05) is 0 Å². The summed E-state index contributed by atoms with van der Waals surface area (Å²) in [5.41, 5.74) is 3.42. The van der Waals surface area contributed by atoms with Crippen LogP contribution in [0.25, 0.3) is 11.1 Å². The average Bonchev–Trinajstić information content (AvgIpc) is 3.10. The number of non-ortho nitro benzene ring substituents is 1. The Morgan fingerprint density at radius 2 is 1.91 bits per heavy atom. The highest BCUT2D eigenvalue weighted by Crippen LogP contribution is 2.24. The Morgan fingerprint density at radius 1 is 1.15 bits per heavy atom. The number of nitro benzene ring substituents is 1. The maximum absolute atomic E-state index is 12.5. The number of carbonyl (C=O) groups is 1. The molecule has 0 saturated carbocycles. The zero-order valence-electron chi connectivity index (χ0n) is 18.7. The molecule has 1 fully saturated rings. The molecule has 3 aromatic rings. The van der Waals surface area contributed by atoms with Crippen LogP contribution in [-0.4, -0.2) is 53.5 Å². The van der Waals surface area contributed by atoms with E-state index in [1.54, 1.807) is 0 Å². The van der Waals surface area contributed by atoms with Gasteiger partial charge < -0.3 is 19.5 Å². The Bertz CT molecular complexity index is 1240. The van der Waals surface area contributed by atoms with E-state index < -0.39 is 10.7 Å². The maximum atomic E-state index is 12.5. The van der Waals surface area contributed by atoms with Gasteiger partial charge in [-0.3, -0.25) is 19.5 Å². The second kappa shape index (κ2) is 9.45. The Labute approximate surface area is 190 Å². The third-order valence-corrected chi connectivity index (χ3v) is 6.00. The van der Waals surface area contributed by atoms with Crippen LogP contribution in [0.4, 0.5) is 17.1 Å². The molecule has 0 bridgehead atoms. The van der Waals surface area contributed by atoms with Crippen molar-refractivity contribution in [2.45, 2.75) is 26.3 Å². The minimum absolute atomic E-state index is 0.137. The fourth-order valence-corrected chi connectivity index (χ4v) is 4.04. The molecule has 1 amide bonds. The summed E-state index contributed by atoms with van der Waals surface area (Å²) in [6, 6.07) is 10.1.